The molecule has 0 saturated heterocycles. The van der Waals surface area contributed by atoms with E-state index in [-0.39, 0.29) is 45.4 Å². The fourth-order valence-corrected chi connectivity index (χ4v) is 8.97. The number of hydrogen-bond acceptors (Lipinski definition) is 15. The molecule has 0 saturated carbocycles. The molecule has 0 aromatic heterocycles. The molecule has 1 N–H and O–H groups in total. The summed E-state index contributed by atoms with van der Waals surface area (Å²) < 4.78 is 67.4. The topological polar surface area (TPSA) is 173 Å². The average Bonchev–Trinajstić information content (AvgIpc) is 2.15. The molecule has 0 aliphatic rings. The summed E-state index contributed by atoms with van der Waals surface area (Å²) in [7, 11) is 0. The lowest BCUT2D eigenvalue weighted by Gasteiger charge is -2.22. The van der Waals surface area contributed by atoms with Gasteiger partial charge >= 0.3 is 17.9 Å². The normalized spacial score (nSPS) is 11.5. The highest BCUT2D eigenvalue weighted by Gasteiger charge is 2.23. The van der Waals surface area contributed by atoms with Crippen molar-refractivity contribution in [1.29, 1.82) is 0 Å². The first-order chi connectivity index (χ1) is 40.5. The van der Waals surface area contributed by atoms with Gasteiger partial charge in [-0.1, -0.05) is 104 Å². The SMILES string of the molecule is C#CCCCOc1cc(CO)cc(OCC(=O)OC(C)(C)C)c1-c1cc(OCc2cc(OCCCCCCCCCC)cc(OCC(=O)OC(C)(C)C)c2)cc(OCc2cc(OCCCCCCCCCC)cc(OCC(=O)OC(C)(C)C)c2)c1. The largest absolute Gasteiger partial charge is 0.493 e. The van der Waals surface area contributed by atoms with Crippen LogP contribution in [0.3, 0.4) is 0 Å². The fraction of sp³-hybridized carbons (Fsp3) is 0.586. The third-order valence-corrected chi connectivity index (χ3v) is 12.7. The molecular formula is C70H100O15. The molecular weight excluding hydrogens is 1080 g/mol. The van der Waals surface area contributed by atoms with Crippen LogP contribution in [0.5, 0.6) is 46.0 Å². The molecule has 470 valence electrons. The smallest absolute Gasteiger partial charge is 0.344 e. The minimum atomic E-state index is -0.771. The van der Waals surface area contributed by atoms with Crippen molar-refractivity contribution < 1.29 is 71.6 Å². The summed E-state index contributed by atoms with van der Waals surface area (Å²) in [4.78, 5) is 38.8. The summed E-state index contributed by atoms with van der Waals surface area (Å²) in [5, 5.41) is 10.5. The quantitative estimate of drug-likeness (QED) is 0.0192. The van der Waals surface area contributed by atoms with Crippen molar-refractivity contribution in [2.75, 3.05) is 39.6 Å². The zero-order valence-corrected chi connectivity index (χ0v) is 53.2. The molecule has 4 aromatic carbocycles. The van der Waals surface area contributed by atoms with E-state index in [0.717, 1.165) is 38.5 Å². The number of aliphatic hydroxyl groups is 1. The Bertz CT molecular complexity index is 2540. The predicted molar refractivity (Wildman–Crippen MR) is 333 cm³/mol. The standard InChI is InChI=1S/C70H100O15/c1-13-16-19-21-23-25-27-30-32-75-56-35-53(37-58(43-56)80-49-64(72)83-68(4,5)6)47-78-60-41-55(67-62(77-34-29-18-15-3)39-52(46-71)40-63(67)82-51-66(74)85-70(10,11)12)42-61(45-60)79-48-54-36-57(76-33-31-28-26-24-22-20-17-14-2)44-59(38-54)81-50-65(73)84-69(7,8)9/h3,35-45,71H,13-14,16-34,46-51H2,1-2,4-12H3. The summed E-state index contributed by atoms with van der Waals surface area (Å²) in [6.07, 6.45) is 25.2. The first-order valence-corrected chi connectivity index (χ1v) is 30.9. The summed E-state index contributed by atoms with van der Waals surface area (Å²) in [6.45, 7) is 20.5. The first-order valence-electron chi connectivity index (χ1n) is 30.9. The summed E-state index contributed by atoms with van der Waals surface area (Å²) in [5.41, 5.74) is 0.669. The van der Waals surface area contributed by atoms with E-state index in [1.807, 2.05) is 12.1 Å². The number of hydrogen-bond donors (Lipinski definition) is 1. The molecule has 0 spiro atoms. The number of terminal acetylenes is 1. The highest BCUT2D eigenvalue weighted by Crippen LogP contribution is 2.44. The molecule has 4 rings (SSSR count). The number of unbranched alkanes of at least 4 members (excludes halogenated alkanes) is 15. The number of rotatable bonds is 41. The minimum Gasteiger partial charge on any atom is -0.493 e. The third kappa shape index (κ3) is 30.7. The van der Waals surface area contributed by atoms with Crippen LogP contribution in [0.25, 0.3) is 11.1 Å². The number of esters is 3. The van der Waals surface area contributed by atoms with Crippen LogP contribution in [0.2, 0.25) is 0 Å². The van der Waals surface area contributed by atoms with Crippen molar-refractivity contribution in [1.82, 2.24) is 0 Å². The maximum absolute atomic E-state index is 13.2. The van der Waals surface area contributed by atoms with Crippen LogP contribution in [-0.4, -0.2) is 79.5 Å². The zero-order valence-electron chi connectivity index (χ0n) is 53.2. The number of aliphatic hydroxyl groups excluding tert-OH is 1. The van der Waals surface area contributed by atoms with E-state index in [0.29, 0.717) is 94.1 Å². The Balaban J connectivity index is 1.78. The molecule has 85 heavy (non-hydrogen) atoms. The van der Waals surface area contributed by atoms with Crippen LogP contribution in [-0.2, 0) is 48.4 Å². The van der Waals surface area contributed by atoms with Gasteiger partial charge in [0.1, 0.15) is 76.0 Å². The molecule has 0 radical (unpaired) electrons. The van der Waals surface area contributed by atoms with Gasteiger partial charge in [0.25, 0.3) is 0 Å². The van der Waals surface area contributed by atoms with Crippen molar-refractivity contribution in [2.24, 2.45) is 0 Å². The predicted octanol–water partition coefficient (Wildman–Crippen LogP) is 16.0. The average molecular weight is 1180 g/mol. The maximum atomic E-state index is 13.2. The number of carbonyl (C=O) groups is 3. The molecule has 0 atom stereocenters. The Morgan fingerprint density at radius 2 is 0.741 bits per heavy atom. The van der Waals surface area contributed by atoms with E-state index in [1.165, 1.54) is 64.2 Å². The van der Waals surface area contributed by atoms with Gasteiger partial charge in [-0.15, -0.1) is 12.3 Å². The lowest BCUT2D eigenvalue weighted by Crippen LogP contribution is -2.27. The van der Waals surface area contributed by atoms with Gasteiger partial charge in [-0.3, -0.25) is 0 Å². The third-order valence-electron chi connectivity index (χ3n) is 12.7. The monoisotopic (exact) mass is 1180 g/mol. The van der Waals surface area contributed by atoms with E-state index in [9.17, 15) is 19.5 Å². The van der Waals surface area contributed by atoms with Crippen molar-refractivity contribution in [3.8, 4) is 69.5 Å². The van der Waals surface area contributed by atoms with Crippen LogP contribution in [0, 0.1) is 12.3 Å². The highest BCUT2D eigenvalue weighted by molar-refractivity contribution is 5.80. The Morgan fingerprint density at radius 1 is 0.400 bits per heavy atom. The Labute approximate surface area is 508 Å². The van der Waals surface area contributed by atoms with E-state index in [2.05, 4.69) is 19.8 Å². The molecule has 0 bridgehead atoms. The second kappa shape index (κ2) is 37.6. The number of benzene rings is 4. The Kier molecular flexibility index (Phi) is 31.3. The van der Waals surface area contributed by atoms with Gasteiger partial charge in [0.05, 0.1) is 32.0 Å². The van der Waals surface area contributed by atoms with E-state index in [4.69, 9.17) is 58.5 Å². The van der Waals surface area contributed by atoms with Gasteiger partial charge in [0.15, 0.2) is 19.8 Å². The molecule has 0 aliphatic heterocycles. The molecule has 0 amide bonds. The van der Waals surface area contributed by atoms with Crippen molar-refractivity contribution in [3.63, 3.8) is 0 Å². The molecule has 0 heterocycles. The van der Waals surface area contributed by atoms with Gasteiger partial charge in [0.2, 0.25) is 0 Å². The molecule has 4 aromatic rings. The van der Waals surface area contributed by atoms with Crippen LogP contribution in [0.1, 0.15) is 208 Å². The second-order valence-electron chi connectivity index (χ2n) is 24.4. The van der Waals surface area contributed by atoms with Gasteiger partial charge in [-0.2, -0.15) is 0 Å². The summed E-state index contributed by atoms with van der Waals surface area (Å²) in [6, 6.07) is 19.6. The van der Waals surface area contributed by atoms with E-state index in [1.54, 1.807) is 117 Å². The molecule has 0 aliphatic carbocycles. The Hall–Kier alpha value is -6.79. The lowest BCUT2D eigenvalue weighted by molar-refractivity contribution is -0.158. The van der Waals surface area contributed by atoms with E-state index >= 15 is 0 Å². The van der Waals surface area contributed by atoms with Gasteiger partial charge < -0.3 is 57.2 Å². The number of carbonyl (C=O) groups excluding carboxylic acids is 3. The van der Waals surface area contributed by atoms with Crippen LogP contribution >= 0.6 is 0 Å². The Morgan fingerprint density at radius 3 is 1.12 bits per heavy atom. The molecule has 15 nitrogen and oxygen atoms in total. The van der Waals surface area contributed by atoms with E-state index < -0.39 is 41.3 Å². The zero-order chi connectivity index (χ0) is 62.1. The van der Waals surface area contributed by atoms with Gasteiger partial charge in [0, 0.05) is 24.6 Å². The van der Waals surface area contributed by atoms with Crippen LogP contribution in [0.15, 0.2) is 66.7 Å². The summed E-state index contributed by atoms with van der Waals surface area (Å²) >= 11 is 0. The van der Waals surface area contributed by atoms with Crippen molar-refractivity contribution in [2.45, 2.75) is 228 Å². The fourth-order valence-electron chi connectivity index (χ4n) is 8.97. The number of ether oxygens (including phenoxy) is 11. The van der Waals surface area contributed by atoms with Gasteiger partial charge in [-0.25, -0.2) is 14.4 Å². The second-order valence-corrected chi connectivity index (χ2v) is 24.4. The molecule has 15 heteroatoms. The van der Waals surface area contributed by atoms with Crippen LogP contribution in [0.4, 0.5) is 0 Å². The minimum absolute atomic E-state index is 0.0259. The van der Waals surface area contributed by atoms with Gasteiger partial charge in [-0.05, 0) is 152 Å². The maximum Gasteiger partial charge on any atom is 0.344 e. The highest BCUT2D eigenvalue weighted by atomic mass is 16.6. The van der Waals surface area contributed by atoms with Crippen molar-refractivity contribution >= 4 is 17.9 Å². The van der Waals surface area contributed by atoms with Crippen molar-refractivity contribution in [3.05, 3.63) is 83.4 Å². The molecule has 0 unspecified atom stereocenters. The molecule has 0 fully saturated rings. The lowest BCUT2D eigenvalue weighted by atomic mass is 10.00. The summed E-state index contributed by atoms with van der Waals surface area (Å²) in [5.74, 6) is 4.29. The van der Waals surface area contributed by atoms with Crippen LogP contribution < -0.4 is 37.9 Å². The first kappa shape index (κ1) is 70.7.